The maximum Gasteiger partial charge on any atom is 0.306 e. The van der Waals surface area contributed by atoms with E-state index in [9.17, 15) is 19.5 Å². The Morgan fingerprint density at radius 1 is 0.373 bits per heavy atom. The molecule has 9 nitrogen and oxygen atoms in total. The molecule has 0 aromatic heterocycles. The van der Waals surface area contributed by atoms with E-state index in [-0.39, 0.29) is 32.2 Å². The number of carbonyl (C=O) groups is 3. The van der Waals surface area contributed by atoms with Crippen LogP contribution in [0.2, 0.25) is 0 Å². The summed E-state index contributed by atoms with van der Waals surface area (Å²) in [6.45, 7) is 4.70. The molecule has 0 fully saturated rings. The molecule has 0 aromatic rings. The summed E-state index contributed by atoms with van der Waals surface area (Å²) in [7, 11) is 5.94. The van der Waals surface area contributed by atoms with Crippen molar-refractivity contribution in [1.82, 2.24) is 0 Å². The van der Waals surface area contributed by atoms with Crippen molar-refractivity contribution in [1.29, 1.82) is 0 Å². The van der Waals surface area contributed by atoms with E-state index in [1.165, 1.54) is 257 Å². The van der Waals surface area contributed by atoms with Crippen molar-refractivity contribution in [2.24, 2.45) is 0 Å². The summed E-state index contributed by atoms with van der Waals surface area (Å²) in [5.41, 5.74) is 0. The SMILES string of the molecule is CC/C=C\C/C=C\C/C=C\C/C=C\CCCCCCCCCCCCCCCCCCCCC(=O)OC(COC(=O)CCCCCCCCCCCCCCCCCCCCCCCCCCCCC)COC(OCC[N+](C)(C)C)C(=O)[O-]. The number of aliphatic carboxylic acids is 1. The Hall–Kier alpha value is -2.75. The molecule has 0 heterocycles. The Kier molecular flexibility index (Phi) is 63.1. The van der Waals surface area contributed by atoms with E-state index in [4.69, 9.17) is 18.9 Å². The smallest absolute Gasteiger partial charge is 0.306 e. The number of esters is 2. The molecule has 0 bridgehead atoms. The molecule has 0 rings (SSSR count). The number of unbranched alkanes of at least 4 members (excludes halogenated alkanes) is 44. The van der Waals surface area contributed by atoms with Crippen molar-refractivity contribution < 1.29 is 42.9 Å². The maximum atomic E-state index is 12.9. The molecular formula is C74H137NO8. The standard InChI is InChI=1S/C74H137NO8/c1-6-8-10-12-14-16-18-20-22-24-26-28-30-32-34-35-36-37-39-41-43-45-47-49-51-53-55-57-59-61-63-65-72(77)83-70(69-82-74(73(78)79)80-67-66-75(3,4)5)68-81-71(76)64-62-60-58-56-54-52-50-48-46-44-42-40-38-33-31-29-27-25-23-21-19-17-15-13-11-9-7-2/h8,10,14,16,20,22,26,28,70,74H,6-7,9,11-13,15,17-19,21,23-25,27,29-69H2,1-5H3/b10-8-,16-14-,22-20-,28-26-. The third-order valence-corrected chi connectivity index (χ3v) is 16.1. The van der Waals surface area contributed by atoms with Gasteiger partial charge in [-0.25, -0.2) is 0 Å². The molecular weight excluding hydrogens is 1030 g/mol. The molecule has 0 aliphatic rings. The largest absolute Gasteiger partial charge is 0.545 e. The van der Waals surface area contributed by atoms with E-state index in [0.717, 1.165) is 57.8 Å². The molecule has 0 saturated heterocycles. The van der Waals surface area contributed by atoms with Crippen LogP contribution in [0.15, 0.2) is 48.6 Å². The van der Waals surface area contributed by atoms with Gasteiger partial charge < -0.3 is 33.3 Å². The highest BCUT2D eigenvalue weighted by Gasteiger charge is 2.22. The second-order valence-electron chi connectivity index (χ2n) is 25.5. The van der Waals surface area contributed by atoms with Crippen LogP contribution < -0.4 is 5.11 Å². The van der Waals surface area contributed by atoms with Gasteiger partial charge in [-0.1, -0.05) is 332 Å². The zero-order valence-electron chi connectivity index (χ0n) is 55.6. The number of ether oxygens (including phenoxy) is 4. The van der Waals surface area contributed by atoms with Crippen LogP contribution in [0, 0.1) is 0 Å². The predicted molar refractivity (Wildman–Crippen MR) is 352 cm³/mol. The van der Waals surface area contributed by atoms with Gasteiger partial charge in [0.05, 0.1) is 40.3 Å². The lowest BCUT2D eigenvalue weighted by Crippen LogP contribution is -2.44. The summed E-state index contributed by atoms with van der Waals surface area (Å²) in [4.78, 5) is 37.5. The van der Waals surface area contributed by atoms with Crippen molar-refractivity contribution in [3.63, 3.8) is 0 Å². The molecule has 0 aromatic carbocycles. The average Bonchev–Trinajstić information content (AvgIpc) is 3.46. The van der Waals surface area contributed by atoms with Crippen LogP contribution in [0.5, 0.6) is 0 Å². The van der Waals surface area contributed by atoms with Crippen molar-refractivity contribution >= 4 is 17.9 Å². The highest BCUT2D eigenvalue weighted by Crippen LogP contribution is 2.19. The fraction of sp³-hybridized carbons (Fsp3) is 0.851. The lowest BCUT2D eigenvalue weighted by Gasteiger charge is -2.26. The third kappa shape index (κ3) is 66.6. The van der Waals surface area contributed by atoms with Gasteiger partial charge in [0.2, 0.25) is 0 Å². The summed E-state index contributed by atoms with van der Waals surface area (Å²) in [6.07, 6.45) is 80.6. The number of hydrogen-bond acceptors (Lipinski definition) is 8. The van der Waals surface area contributed by atoms with Crippen molar-refractivity contribution in [3.05, 3.63) is 48.6 Å². The fourth-order valence-electron chi connectivity index (χ4n) is 10.7. The number of rotatable bonds is 67. The molecule has 0 N–H and O–H groups in total. The fourth-order valence-corrected chi connectivity index (χ4v) is 10.7. The minimum atomic E-state index is -1.62. The van der Waals surface area contributed by atoms with Gasteiger partial charge in [-0.3, -0.25) is 9.59 Å². The summed E-state index contributed by atoms with van der Waals surface area (Å²) in [5.74, 6) is -2.25. The first-order valence-corrected chi connectivity index (χ1v) is 35.8. The molecule has 0 amide bonds. The van der Waals surface area contributed by atoms with Gasteiger partial charge >= 0.3 is 11.9 Å². The van der Waals surface area contributed by atoms with Crippen LogP contribution in [0.3, 0.4) is 0 Å². The van der Waals surface area contributed by atoms with Crippen molar-refractivity contribution in [2.45, 2.75) is 360 Å². The van der Waals surface area contributed by atoms with Gasteiger partial charge in [0.25, 0.3) is 0 Å². The molecule has 0 spiro atoms. The van der Waals surface area contributed by atoms with E-state index in [2.05, 4.69) is 62.5 Å². The minimum absolute atomic E-state index is 0.150. The van der Waals surface area contributed by atoms with Crippen LogP contribution in [0.4, 0.5) is 0 Å². The Morgan fingerprint density at radius 2 is 0.687 bits per heavy atom. The molecule has 486 valence electrons. The van der Waals surface area contributed by atoms with Crippen LogP contribution >= 0.6 is 0 Å². The Bertz CT molecular complexity index is 1500. The van der Waals surface area contributed by atoms with Crippen LogP contribution in [0.1, 0.15) is 348 Å². The number of carbonyl (C=O) groups excluding carboxylic acids is 3. The van der Waals surface area contributed by atoms with Crippen LogP contribution in [-0.2, 0) is 33.3 Å². The number of likely N-dealkylation sites (N-methyl/N-ethyl adjacent to an activating group) is 1. The summed E-state index contributed by atoms with van der Waals surface area (Å²) in [5, 5.41) is 11.8. The van der Waals surface area contributed by atoms with Gasteiger partial charge in [-0.15, -0.1) is 0 Å². The minimum Gasteiger partial charge on any atom is -0.545 e. The quantitative estimate of drug-likeness (QED) is 0.0195. The molecule has 2 atom stereocenters. The van der Waals surface area contributed by atoms with E-state index in [1.807, 2.05) is 21.1 Å². The number of carboxylic acids is 1. The number of quaternary nitrogens is 1. The van der Waals surface area contributed by atoms with Crippen LogP contribution in [-0.4, -0.2) is 82.3 Å². The highest BCUT2D eigenvalue weighted by molar-refractivity contribution is 5.70. The third-order valence-electron chi connectivity index (χ3n) is 16.1. The molecule has 2 unspecified atom stereocenters. The number of nitrogens with zero attached hydrogens (tertiary/aromatic N) is 1. The topological polar surface area (TPSA) is 111 Å². The second kappa shape index (κ2) is 65.2. The van der Waals surface area contributed by atoms with E-state index in [1.54, 1.807) is 0 Å². The average molecular weight is 1170 g/mol. The summed E-state index contributed by atoms with van der Waals surface area (Å²) >= 11 is 0. The highest BCUT2D eigenvalue weighted by atomic mass is 16.7. The first-order valence-electron chi connectivity index (χ1n) is 35.8. The second-order valence-corrected chi connectivity index (χ2v) is 25.5. The zero-order chi connectivity index (χ0) is 60.5. The van der Waals surface area contributed by atoms with E-state index < -0.39 is 24.3 Å². The first kappa shape index (κ1) is 80.2. The van der Waals surface area contributed by atoms with E-state index >= 15 is 0 Å². The number of carboxylic acid groups (broad SMARTS) is 1. The van der Waals surface area contributed by atoms with Gasteiger partial charge in [-0.05, 0) is 51.4 Å². The molecule has 83 heavy (non-hydrogen) atoms. The maximum absolute atomic E-state index is 12.9. The summed E-state index contributed by atoms with van der Waals surface area (Å²) in [6, 6.07) is 0. The predicted octanol–water partition coefficient (Wildman–Crippen LogP) is 20.8. The number of hydrogen-bond donors (Lipinski definition) is 0. The lowest BCUT2D eigenvalue weighted by atomic mass is 10.0. The van der Waals surface area contributed by atoms with Gasteiger partial charge in [-0.2, -0.15) is 0 Å². The molecule has 0 aliphatic carbocycles. The molecule has 0 saturated carbocycles. The van der Waals surface area contributed by atoms with E-state index in [0.29, 0.717) is 23.9 Å². The molecule has 0 aliphatic heterocycles. The van der Waals surface area contributed by atoms with Gasteiger partial charge in [0.15, 0.2) is 12.4 Å². The first-order chi connectivity index (χ1) is 40.6. The van der Waals surface area contributed by atoms with Gasteiger partial charge in [0, 0.05) is 12.8 Å². The normalized spacial score (nSPS) is 12.9. The van der Waals surface area contributed by atoms with Crippen molar-refractivity contribution in [2.75, 3.05) is 47.5 Å². The molecule has 0 radical (unpaired) electrons. The van der Waals surface area contributed by atoms with Gasteiger partial charge in [0.1, 0.15) is 13.2 Å². The molecule has 9 heteroatoms. The van der Waals surface area contributed by atoms with Crippen LogP contribution in [0.25, 0.3) is 0 Å². The lowest BCUT2D eigenvalue weighted by molar-refractivity contribution is -0.870. The number of allylic oxidation sites excluding steroid dienone is 8. The Morgan fingerprint density at radius 3 is 1.02 bits per heavy atom. The summed E-state index contributed by atoms with van der Waals surface area (Å²) < 4.78 is 22.8. The Labute approximate surface area is 514 Å². The monoisotopic (exact) mass is 1170 g/mol. The Balaban J connectivity index is 4.05. The zero-order valence-corrected chi connectivity index (χ0v) is 55.6. The van der Waals surface area contributed by atoms with Crippen molar-refractivity contribution in [3.8, 4) is 0 Å².